The zero-order valence-corrected chi connectivity index (χ0v) is 8.31. The van der Waals surface area contributed by atoms with Crippen molar-refractivity contribution in [1.29, 1.82) is 0 Å². The second-order valence-corrected chi connectivity index (χ2v) is 3.54. The van der Waals surface area contributed by atoms with Crippen LogP contribution in [0.4, 0.5) is 4.39 Å². The topological polar surface area (TPSA) is 41.6 Å². The Morgan fingerprint density at radius 1 is 1.06 bits per heavy atom. The Labute approximate surface area is 91.0 Å². The van der Waals surface area contributed by atoms with Crippen molar-refractivity contribution in [3.63, 3.8) is 0 Å². The number of fused-ring (bicyclic) bond motifs is 1. The lowest BCUT2D eigenvalue weighted by molar-refractivity contribution is 0.628. The Morgan fingerprint density at radius 3 is 2.88 bits per heavy atom. The molecule has 0 saturated carbocycles. The molecule has 0 unspecified atom stereocenters. The summed E-state index contributed by atoms with van der Waals surface area (Å²) in [6, 6.07) is 8.38. The highest BCUT2D eigenvalue weighted by atomic mass is 19.1. The van der Waals surface area contributed by atoms with Crippen LogP contribution in [0.3, 0.4) is 0 Å². The van der Waals surface area contributed by atoms with E-state index in [2.05, 4.69) is 15.2 Å². The first-order valence-electron chi connectivity index (χ1n) is 4.88. The van der Waals surface area contributed by atoms with Crippen molar-refractivity contribution in [2.75, 3.05) is 0 Å². The minimum absolute atomic E-state index is 0.246. The molecule has 1 N–H and O–H groups in total. The summed E-state index contributed by atoms with van der Waals surface area (Å²) < 4.78 is 13.1. The highest BCUT2D eigenvalue weighted by Crippen LogP contribution is 2.22. The fourth-order valence-electron chi connectivity index (χ4n) is 1.66. The molecule has 2 aromatic heterocycles. The molecule has 2 heterocycles. The van der Waals surface area contributed by atoms with Crippen LogP contribution in [-0.2, 0) is 0 Å². The Hall–Kier alpha value is -2.23. The van der Waals surface area contributed by atoms with E-state index >= 15 is 0 Å². The summed E-state index contributed by atoms with van der Waals surface area (Å²) >= 11 is 0. The molecule has 0 spiro atoms. The van der Waals surface area contributed by atoms with Gasteiger partial charge in [0.15, 0.2) is 5.65 Å². The highest BCUT2D eigenvalue weighted by molar-refractivity contribution is 5.80. The zero-order valence-electron chi connectivity index (χ0n) is 8.31. The summed E-state index contributed by atoms with van der Waals surface area (Å²) in [5, 5.41) is 7.58. The van der Waals surface area contributed by atoms with Gasteiger partial charge in [0.05, 0.1) is 6.20 Å². The van der Waals surface area contributed by atoms with E-state index in [0.717, 1.165) is 22.2 Å². The fraction of sp³-hybridized carbons (Fsp3) is 0. The summed E-state index contributed by atoms with van der Waals surface area (Å²) in [5.74, 6) is -0.246. The molecular weight excluding hydrogens is 205 g/mol. The van der Waals surface area contributed by atoms with Gasteiger partial charge in [-0.1, -0.05) is 12.1 Å². The maximum atomic E-state index is 13.1. The van der Waals surface area contributed by atoms with E-state index in [4.69, 9.17) is 0 Å². The number of H-pyrrole nitrogens is 1. The van der Waals surface area contributed by atoms with Gasteiger partial charge < -0.3 is 0 Å². The summed E-state index contributed by atoms with van der Waals surface area (Å²) in [5.41, 5.74) is 2.43. The molecule has 4 heteroatoms. The van der Waals surface area contributed by atoms with Crippen molar-refractivity contribution < 1.29 is 4.39 Å². The summed E-state index contributed by atoms with van der Waals surface area (Å²) in [7, 11) is 0. The largest absolute Gasteiger partial charge is 0.261 e. The van der Waals surface area contributed by atoms with Gasteiger partial charge >= 0.3 is 0 Å². The minimum Gasteiger partial charge on any atom is -0.261 e. The van der Waals surface area contributed by atoms with E-state index in [-0.39, 0.29) is 5.82 Å². The maximum absolute atomic E-state index is 13.1. The smallest absolute Gasteiger partial charge is 0.155 e. The van der Waals surface area contributed by atoms with Crippen LogP contribution in [0.1, 0.15) is 0 Å². The molecule has 0 bridgehead atoms. The fourth-order valence-corrected chi connectivity index (χ4v) is 1.66. The third-order valence-corrected chi connectivity index (χ3v) is 2.45. The first-order valence-corrected chi connectivity index (χ1v) is 4.88. The molecule has 0 aliphatic heterocycles. The van der Waals surface area contributed by atoms with Crippen LogP contribution < -0.4 is 0 Å². The van der Waals surface area contributed by atoms with E-state index in [1.807, 2.05) is 12.1 Å². The quantitative estimate of drug-likeness (QED) is 0.675. The summed E-state index contributed by atoms with van der Waals surface area (Å²) in [6.07, 6.45) is 3.40. The van der Waals surface area contributed by atoms with Crippen molar-refractivity contribution in [3.8, 4) is 11.1 Å². The molecule has 0 atom stereocenters. The van der Waals surface area contributed by atoms with Gasteiger partial charge in [-0.3, -0.25) is 5.10 Å². The number of nitrogens with one attached hydrogen (secondary N) is 1. The van der Waals surface area contributed by atoms with Gasteiger partial charge in [0.2, 0.25) is 0 Å². The molecule has 0 fully saturated rings. The zero-order chi connectivity index (χ0) is 11.0. The van der Waals surface area contributed by atoms with Crippen LogP contribution in [0.25, 0.3) is 22.2 Å². The van der Waals surface area contributed by atoms with Gasteiger partial charge in [0.1, 0.15) is 5.82 Å². The summed E-state index contributed by atoms with van der Waals surface area (Å²) in [6.45, 7) is 0. The SMILES string of the molecule is Fc1cccc(-c2cnc3[nH]ncc3c2)c1. The van der Waals surface area contributed by atoms with Crippen LogP contribution in [0.2, 0.25) is 0 Å². The maximum Gasteiger partial charge on any atom is 0.155 e. The number of halogens is 1. The van der Waals surface area contributed by atoms with Gasteiger partial charge in [-0.25, -0.2) is 9.37 Å². The van der Waals surface area contributed by atoms with E-state index in [9.17, 15) is 4.39 Å². The number of aromatic amines is 1. The Balaban J connectivity index is 2.18. The van der Waals surface area contributed by atoms with E-state index < -0.39 is 0 Å². The van der Waals surface area contributed by atoms with Crippen LogP contribution in [0, 0.1) is 5.82 Å². The van der Waals surface area contributed by atoms with Crippen molar-refractivity contribution >= 4 is 11.0 Å². The van der Waals surface area contributed by atoms with Crippen molar-refractivity contribution in [3.05, 3.63) is 48.5 Å². The molecule has 16 heavy (non-hydrogen) atoms. The Morgan fingerprint density at radius 2 is 2.00 bits per heavy atom. The van der Waals surface area contributed by atoms with Gasteiger partial charge in [-0.15, -0.1) is 0 Å². The molecule has 0 aliphatic carbocycles. The lowest BCUT2D eigenvalue weighted by Crippen LogP contribution is -1.82. The third-order valence-electron chi connectivity index (χ3n) is 2.45. The molecule has 78 valence electrons. The number of pyridine rings is 1. The van der Waals surface area contributed by atoms with Crippen molar-refractivity contribution in [2.45, 2.75) is 0 Å². The molecule has 3 aromatic rings. The van der Waals surface area contributed by atoms with Crippen LogP contribution >= 0.6 is 0 Å². The van der Waals surface area contributed by atoms with Gasteiger partial charge in [-0.2, -0.15) is 5.10 Å². The molecule has 0 radical (unpaired) electrons. The van der Waals surface area contributed by atoms with E-state index in [0.29, 0.717) is 0 Å². The van der Waals surface area contributed by atoms with Crippen LogP contribution in [-0.4, -0.2) is 15.2 Å². The predicted octanol–water partition coefficient (Wildman–Crippen LogP) is 2.76. The molecule has 3 nitrogen and oxygen atoms in total. The predicted molar refractivity (Wildman–Crippen MR) is 59.3 cm³/mol. The highest BCUT2D eigenvalue weighted by Gasteiger charge is 2.02. The lowest BCUT2D eigenvalue weighted by atomic mass is 10.1. The Kier molecular flexibility index (Phi) is 1.93. The van der Waals surface area contributed by atoms with E-state index in [1.54, 1.807) is 18.5 Å². The Bertz CT molecular complexity index is 645. The molecule has 0 aliphatic rings. The number of hydrogen-bond donors (Lipinski definition) is 1. The molecule has 1 aromatic carbocycles. The van der Waals surface area contributed by atoms with E-state index in [1.165, 1.54) is 12.1 Å². The number of rotatable bonds is 1. The number of hydrogen-bond acceptors (Lipinski definition) is 2. The second-order valence-electron chi connectivity index (χ2n) is 3.54. The van der Waals surface area contributed by atoms with Crippen molar-refractivity contribution in [1.82, 2.24) is 15.2 Å². The number of nitrogens with zero attached hydrogens (tertiary/aromatic N) is 2. The summed E-state index contributed by atoms with van der Waals surface area (Å²) in [4.78, 5) is 4.21. The average molecular weight is 213 g/mol. The van der Waals surface area contributed by atoms with Crippen LogP contribution in [0.5, 0.6) is 0 Å². The third kappa shape index (κ3) is 1.44. The monoisotopic (exact) mass is 213 g/mol. The minimum atomic E-state index is -0.246. The number of aromatic nitrogens is 3. The normalized spacial score (nSPS) is 10.8. The first kappa shape index (κ1) is 9.03. The second kappa shape index (κ2) is 3.41. The van der Waals surface area contributed by atoms with Crippen molar-refractivity contribution in [2.24, 2.45) is 0 Å². The average Bonchev–Trinajstić information content (AvgIpc) is 2.75. The van der Waals surface area contributed by atoms with Gasteiger partial charge in [0, 0.05) is 17.1 Å². The van der Waals surface area contributed by atoms with Crippen LogP contribution in [0.15, 0.2) is 42.7 Å². The standard InChI is InChI=1S/C12H8FN3/c13-11-3-1-2-8(5-11)9-4-10-7-15-16-12(10)14-6-9/h1-7H,(H,14,15,16). The van der Waals surface area contributed by atoms with Gasteiger partial charge in [-0.05, 0) is 23.8 Å². The molecule has 0 amide bonds. The first-order chi connectivity index (χ1) is 7.83. The lowest BCUT2D eigenvalue weighted by Gasteiger charge is -2.00. The number of benzene rings is 1. The molecular formula is C12H8FN3. The van der Waals surface area contributed by atoms with Gasteiger partial charge in [0.25, 0.3) is 0 Å². The molecule has 0 saturated heterocycles. The molecule has 3 rings (SSSR count).